The molecule has 2 aromatic rings. The van der Waals surface area contributed by atoms with Gasteiger partial charge in [-0.25, -0.2) is 0 Å². The number of thiophene rings is 1. The van der Waals surface area contributed by atoms with E-state index in [0.29, 0.717) is 18.3 Å². The van der Waals surface area contributed by atoms with Gasteiger partial charge in [0.25, 0.3) is 5.69 Å². The standard InChI is InChI=1S/C15H17N3O2S/c16-15-11(3-1-5-14(15)18(19)20)9-17(12-6-7-12)10-13-4-2-8-21-13/h1-5,8,12H,6-7,9-10,16H2. The molecule has 0 bridgehead atoms. The van der Waals surface area contributed by atoms with E-state index in [4.69, 9.17) is 5.73 Å². The van der Waals surface area contributed by atoms with Gasteiger partial charge in [-0.15, -0.1) is 11.3 Å². The molecule has 21 heavy (non-hydrogen) atoms. The quantitative estimate of drug-likeness (QED) is 0.504. The van der Waals surface area contributed by atoms with Crippen molar-refractivity contribution in [2.24, 2.45) is 0 Å². The van der Waals surface area contributed by atoms with Crippen LogP contribution < -0.4 is 5.73 Å². The van der Waals surface area contributed by atoms with Crippen molar-refractivity contribution < 1.29 is 4.92 Å². The van der Waals surface area contributed by atoms with Crippen LogP contribution in [-0.4, -0.2) is 15.9 Å². The van der Waals surface area contributed by atoms with Crippen molar-refractivity contribution in [1.29, 1.82) is 0 Å². The summed E-state index contributed by atoms with van der Waals surface area (Å²) < 4.78 is 0. The van der Waals surface area contributed by atoms with Gasteiger partial charge in [-0.2, -0.15) is 0 Å². The van der Waals surface area contributed by atoms with Crippen molar-refractivity contribution in [2.75, 3.05) is 5.73 Å². The molecule has 5 nitrogen and oxygen atoms in total. The molecule has 1 aliphatic carbocycles. The smallest absolute Gasteiger partial charge is 0.292 e. The summed E-state index contributed by atoms with van der Waals surface area (Å²) in [6, 6.07) is 9.79. The molecule has 110 valence electrons. The summed E-state index contributed by atoms with van der Waals surface area (Å²) in [7, 11) is 0. The van der Waals surface area contributed by atoms with E-state index in [1.165, 1.54) is 23.8 Å². The molecule has 1 saturated carbocycles. The summed E-state index contributed by atoms with van der Waals surface area (Å²) in [5.74, 6) is 0. The molecule has 2 N–H and O–H groups in total. The van der Waals surface area contributed by atoms with Crippen LogP contribution in [0.25, 0.3) is 0 Å². The summed E-state index contributed by atoms with van der Waals surface area (Å²) in [6.07, 6.45) is 2.39. The van der Waals surface area contributed by atoms with E-state index >= 15 is 0 Å². The minimum atomic E-state index is -0.417. The van der Waals surface area contributed by atoms with Gasteiger partial charge in [0, 0.05) is 30.1 Å². The number of benzene rings is 1. The summed E-state index contributed by atoms with van der Waals surface area (Å²) in [6.45, 7) is 1.54. The lowest BCUT2D eigenvalue weighted by atomic mass is 10.1. The van der Waals surface area contributed by atoms with E-state index in [2.05, 4.69) is 16.3 Å². The van der Waals surface area contributed by atoms with Crippen LogP contribution in [0.4, 0.5) is 11.4 Å². The summed E-state index contributed by atoms with van der Waals surface area (Å²) in [5.41, 5.74) is 7.09. The van der Waals surface area contributed by atoms with Crippen LogP contribution in [0.2, 0.25) is 0 Å². The van der Waals surface area contributed by atoms with Crippen molar-refractivity contribution in [1.82, 2.24) is 4.90 Å². The lowest BCUT2D eigenvalue weighted by Crippen LogP contribution is -2.25. The molecule has 1 heterocycles. The van der Waals surface area contributed by atoms with Crippen molar-refractivity contribution in [3.05, 3.63) is 56.3 Å². The summed E-state index contributed by atoms with van der Waals surface area (Å²) in [5, 5.41) is 13.0. The van der Waals surface area contributed by atoms with Gasteiger partial charge in [0.05, 0.1) is 4.92 Å². The molecule has 0 saturated heterocycles. The van der Waals surface area contributed by atoms with E-state index in [0.717, 1.165) is 12.1 Å². The maximum Gasteiger partial charge on any atom is 0.292 e. The number of nitrogen functional groups attached to an aromatic ring is 1. The highest BCUT2D eigenvalue weighted by Gasteiger charge is 2.30. The predicted octanol–water partition coefficient (Wildman–Crippen LogP) is 3.40. The van der Waals surface area contributed by atoms with Gasteiger partial charge < -0.3 is 5.73 Å². The molecule has 1 aromatic carbocycles. The fourth-order valence-electron chi connectivity index (χ4n) is 2.47. The minimum Gasteiger partial charge on any atom is -0.393 e. The molecule has 0 spiro atoms. The number of hydrogen-bond donors (Lipinski definition) is 1. The highest BCUT2D eigenvalue weighted by Crippen LogP contribution is 2.33. The van der Waals surface area contributed by atoms with Crippen LogP contribution >= 0.6 is 11.3 Å². The van der Waals surface area contributed by atoms with Gasteiger partial charge in [0.15, 0.2) is 0 Å². The maximum absolute atomic E-state index is 11.0. The van der Waals surface area contributed by atoms with Crippen molar-refractivity contribution in [2.45, 2.75) is 32.0 Å². The van der Waals surface area contributed by atoms with Crippen molar-refractivity contribution >= 4 is 22.7 Å². The Kier molecular flexibility index (Phi) is 3.90. The van der Waals surface area contributed by atoms with Gasteiger partial charge in [-0.1, -0.05) is 18.2 Å². The first kappa shape index (κ1) is 14.0. The van der Waals surface area contributed by atoms with Crippen LogP contribution in [0.15, 0.2) is 35.7 Å². The minimum absolute atomic E-state index is 0.000583. The molecular weight excluding hydrogens is 286 g/mol. The van der Waals surface area contributed by atoms with E-state index in [9.17, 15) is 10.1 Å². The first-order valence-corrected chi connectivity index (χ1v) is 7.81. The Labute approximate surface area is 127 Å². The number of para-hydroxylation sites is 1. The number of nitro groups is 1. The number of nitrogens with zero attached hydrogens (tertiary/aromatic N) is 2. The zero-order valence-corrected chi connectivity index (χ0v) is 12.4. The molecule has 0 radical (unpaired) electrons. The zero-order valence-electron chi connectivity index (χ0n) is 11.6. The lowest BCUT2D eigenvalue weighted by Gasteiger charge is -2.22. The molecule has 0 amide bonds. The Hall–Kier alpha value is -1.92. The van der Waals surface area contributed by atoms with Crippen molar-refractivity contribution in [3.63, 3.8) is 0 Å². The van der Waals surface area contributed by atoms with Gasteiger partial charge >= 0.3 is 0 Å². The third-order valence-electron chi connectivity index (χ3n) is 3.75. The van der Waals surface area contributed by atoms with Crippen LogP contribution in [0.1, 0.15) is 23.3 Å². The van der Waals surface area contributed by atoms with Crippen LogP contribution in [-0.2, 0) is 13.1 Å². The highest BCUT2D eigenvalue weighted by atomic mass is 32.1. The fourth-order valence-corrected chi connectivity index (χ4v) is 3.20. The van der Waals surface area contributed by atoms with Gasteiger partial charge in [-0.05, 0) is 29.9 Å². The average Bonchev–Trinajstić information content (AvgIpc) is 3.18. The fraction of sp³-hybridized carbons (Fsp3) is 0.333. The maximum atomic E-state index is 11.0. The van der Waals surface area contributed by atoms with Crippen molar-refractivity contribution in [3.8, 4) is 0 Å². The van der Waals surface area contributed by atoms with Crippen LogP contribution in [0.3, 0.4) is 0 Å². The molecular formula is C15H17N3O2S. The molecule has 6 heteroatoms. The molecule has 0 unspecified atom stereocenters. The summed E-state index contributed by atoms with van der Waals surface area (Å²) >= 11 is 1.74. The SMILES string of the molecule is Nc1c(CN(Cc2cccs2)C2CC2)cccc1[N+](=O)[O-]. The molecule has 1 aromatic heterocycles. The monoisotopic (exact) mass is 303 g/mol. The molecule has 1 fully saturated rings. The second-order valence-electron chi connectivity index (χ2n) is 5.32. The van der Waals surface area contributed by atoms with Gasteiger partial charge in [0.1, 0.15) is 5.69 Å². The van der Waals surface area contributed by atoms with Gasteiger partial charge in [-0.3, -0.25) is 15.0 Å². The van der Waals surface area contributed by atoms with Crippen LogP contribution in [0.5, 0.6) is 0 Å². The second kappa shape index (κ2) is 5.83. The molecule has 1 aliphatic rings. The Morgan fingerprint density at radius 2 is 2.10 bits per heavy atom. The van der Waals surface area contributed by atoms with Gasteiger partial charge in [0.2, 0.25) is 0 Å². The Balaban J connectivity index is 1.80. The van der Waals surface area contributed by atoms with E-state index in [-0.39, 0.29) is 5.69 Å². The number of rotatable bonds is 6. The largest absolute Gasteiger partial charge is 0.393 e. The average molecular weight is 303 g/mol. The first-order valence-electron chi connectivity index (χ1n) is 6.93. The highest BCUT2D eigenvalue weighted by molar-refractivity contribution is 7.09. The topological polar surface area (TPSA) is 72.4 Å². The number of hydrogen-bond acceptors (Lipinski definition) is 5. The van der Waals surface area contributed by atoms with E-state index in [1.807, 2.05) is 12.1 Å². The van der Waals surface area contributed by atoms with E-state index < -0.39 is 4.92 Å². The van der Waals surface area contributed by atoms with E-state index in [1.54, 1.807) is 17.4 Å². The second-order valence-corrected chi connectivity index (χ2v) is 6.35. The summed E-state index contributed by atoms with van der Waals surface area (Å²) in [4.78, 5) is 14.2. The third kappa shape index (κ3) is 3.22. The molecule has 0 aliphatic heterocycles. The predicted molar refractivity (Wildman–Crippen MR) is 84.1 cm³/mol. The number of anilines is 1. The Bertz CT molecular complexity index is 638. The lowest BCUT2D eigenvalue weighted by molar-refractivity contribution is -0.384. The third-order valence-corrected chi connectivity index (χ3v) is 4.61. The Morgan fingerprint density at radius 3 is 2.71 bits per heavy atom. The first-order chi connectivity index (χ1) is 10.1. The molecule has 3 rings (SSSR count). The number of nitro benzene ring substituents is 1. The number of nitrogens with two attached hydrogens (primary N) is 1. The Morgan fingerprint density at radius 1 is 1.29 bits per heavy atom. The normalized spacial score (nSPS) is 14.5. The molecule has 0 atom stereocenters. The van der Waals surface area contributed by atoms with Crippen LogP contribution in [0, 0.1) is 10.1 Å². The zero-order chi connectivity index (χ0) is 14.8.